The van der Waals surface area contributed by atoms with E-state index in [9.17, 15) is 15.0 Å². The van der Waals surface area contributed by atoms with Gasteiger partial charge < -0.3 is 14.9 Å². The van der Waals surface area contributed by atoms with Gasteiger partial charge in [-0.3, -0.25) is 4.79 Å². The number of carbonyl (C=O) groups excluding carboxylic acids is 1. The van der Waals surface area contributed by atoms with Crippen LogP contribution in [0.3, 0.4) is 0 Å². The van der Waals surface area contributed by atoms with Crippen LogP contribution in [-0.4, -0.2) is 36.0 Å². The molecule has 0 heterocycles. The van der Waals surface area contributed by atoms with Crippen LogP contribution in [0.5, 0.6) is 0 Å². The number of hydrogen-bond acceptors (Lipinski definition) is 4. The zero-order chi connectivity index (χ0) is 25.7. The van der Waals surface area contributed by atoms with Crippen molar-refractivity contribution in [2.45, 2.75) is 112 Å². The van der Waals surface area contributed by atoms with Gasteiger partial charge in [-0.2, -0.15) is 0 Å². The molecule has 2 N–H and O–H groups in total. The van der Waals surface area contributed by atoms with Crippen LogP contribution in [-0.2, 0) is 9.53 Å². The van der Waals surface area contributed by atoms with E-state index >= 15 is 0 Å². The molecule has 4 saturated carbocycles. The van der Waals surface area contributed by atoms with Crippen LogP contribution in [0, 0.1) is 50.2 Å². The van der Waals surface area contributed by atoms with Gasteiger partial charge in [0.2, 0.25) is 0 Å². The number of allylic oxidation sites excluding steroid dienone is 2. The van der Waals surface area contributed by atoms with Crippen molar-refractivity contribution in [2.24, 2.45) is 50.2 Å². The van der Waals surface area contributed by atoms with Crippen molar-refractivity contribution in [1.29, 1.82) is 0 Å². The van der Waals surface area contributed by atoms with E-state index in [-0.39, 0.29) is 39.7 Å². The fraction of sp³-hybridized carbons (Fsp3) is 0.903. The lowest BCUT2D eigenvalue weighted by Crippen LogP contribution is -2.65. The monoisotopic (exact) mass is 486 g/mol. The molecule has 5 aliphatic rings. The molecule has 0 amide bonds. The molecule has 4 heteroatoms. The Morgan fingerprint density at radius 3 is 2.31 bits per heavy atom. The Hall–Kier alpha value is -0.870. The number of aliphatic hydroxyl groups excluding tert-OH is 2. The minimum Gasteiger partial charge on any atom is -0.469 e. The molecule has 0 bridgehead atoms. The van der Waals surface area contributed by atoms with E-state index < -0.39 is 11.5 Å². The molecule has 5 aliphatic carbocycles. The minimum absolute atomic E-state index is 0.0376. The highest BCUT2D eigenvalue weighted by Crippen LogP contribution is 2.75. The molecular formula is C31H50O4. The summed E-state index contributed by atoms with van der Waals surface area (Å²) in [6, 6.07) is 0. The van der Waals surface area contributed by atoms with Crippen LogP contribution in [0.4, 0.5) is 0 Å². The van der Waals surface area contributed by atoms with Crippen LogP contribution in [0.25, 0.3) is 0 Å². The van der Waals surface area contributed by atoms with Crippen LogP contribution < -0.4 is 0 Å². The molecular weight excluding hydrogens is 436 g/mol. The van der Waals surface area contributed by atoms with Crippen LogP contribution in [0.1, 0.15) is 106 Å². The number of esters is 1. The largest absolute Gasteiger partial charge is 0.469 e. The summed E-state index contributed by atoms with van der Waals surface area (Å²) < 4.78 is 5.28. The van der Waals surface area contributed by atoms with Gasteiger partial charge in [-0.1, -0.05) is 46.3 Å². The third kappa shape index (κ3) is 3.14. The number of ether oxygens (including phenoxy) is 1. The maximum atomic E-state index is 12.8. The summed E-state index contributed by atoms with van der Waals surface area (Å²) in [4.78, 5) is 12.8. The normalized spacial score (nSPS) is 55.5. The van der Waals surface area contributed by atoms with E-state index in [4.69, 9.17) is 4.74 Å². The maximum absolute atomic E-state index is 12.8. The van der Waals surface area contributed by atoms with Crippen LogP contribution in [0.2, 0.25) is 0 Å². The Balaban J connectivity index is 1.56. The average Bonchev–Trinajstić information content (AvgIpc) is 2.82. The van der Waals surface area contributed by atoms with Gasteiger partial charge in [0.25, 0.3) is 0 Å². The Morgan fingerprint density at radius 1 is 0.971 bits per heavy atom. The first kappa shape index (κ1) is 25.8. The molecule has 0 aliphatic heterocycles. The Bertz CT molecular complexity index is 927. The molecule has 35 heavy (non-hydrogen) atoms. The molecule has 10 atom stereocenters. The molecule has 0 radical (unpaired) electrons. The second-order valence-corrected chi connectivity index (χ2v) is 15.0. The van der Waals surface area contributed by atoms with Gasteiger partial charge in [0.15, 0.2) is 0 Å². The first-order valence-corrected chi connectivity index (χ1v) is 14.3. The number of hydrogen-bond donors (Lipinski definition) is 2. The lowest BCUT2D eigenvalue weighted by atomic mass is 9.33. The van der Waals surface area contributed by atoms with Gasteiger partial charge in [-0.05, 0) is 111 Å². The minimum atomic E-state index is -0.408. The van der Waals surface area contributed by atoms with Crippen molar-refractivity contribution in [3.8, 4) is 0 Å². The fourth-order valence-electron chi connectivity index (χ4n) is 10.8. The van der Waals surface area contributed by atoms with E-state index in [0.29, 0.717) is 17.8 Å². The van der Waals surface area contributed by atoms with E-state index in [1.165, 1.54) is 20.0 Å². The third-order valence-corrected chi connectivity index (χ3v) is 13.6. The first-order chi connectivity index (χ1) is 16.2. The Kier molecular flexibility index (Phi) is 5.76. The highest BCUT2D eigenvalue weighted by Gasteiger charge is 2.68. The van der Waals surface area contributed by atoms with Gasteiger partial charge in [0.05, 0.1) is 25.2 Å². The van der Waals surface area contributed by atoms with Crippen LogP contribution in [0.15, 0.2) is 11.6 Å². The lowest BCUT2D eigenvalue weighted by molar-refractivity contribution is -0.215. The van der Waals surface area contributed by atoms with Crippen molar-refractivity contribution in [1.82, 2.24) is 0 Å². The first-order valence-electron chi connectivity index (χ1n) is 14.3. The maximum Gasteiger partial charge on any atom is 0.311 e. The van der Waals surface area contributed by atoms with Gasteiger partial charge in [-0.25, -0.2) is 0 Å². The third-order valence-electron chi connectivity index (χ3n) is 13.6. The van der Waals surface area contributed by atoms with Crippen molar-refractivity contribution in [3.63, 3.8) is 0 Å². The second-order valence-electron chi connectivity index (χ2n) is 15.0. The SMILES string of the molecule is COC(=O)[C@@]1(C)CC[C@]2(C)CCC3(C)C(=CCC4[C@@]5(C)CC[C@H](O)[C@](C)(CO)C5CC[C@]43C)[C@@H]2C1. The zero-order valence-electron chi connectivity index (χ0n) is 23.4. The molecule has 0 saturated heterocycles. The summed E-state index contributed by atoms with van der Waals surface area (Å²) in [6.45, 7) is 14.5. The molecule has 198 valence electrons. The van der Waals surface area contributed by atoms with Crippen molar-refractivity contribution < 1.29 is 19.7 Å². The molecule has 0 spiro atoms. The van der Waals surface area contributed by atoms with E-state index in [1.807, 2.05) is 0 Å². The molecule has 5 rings (SSSR count). The molecule has 0 aromatic carbocycles. The van der Waals surface area contributed by atoms with Gasteiger partial charge in [0, 0.05) is 5.41 Å². The summed E-state index contributed by atoms with van der Waals surface area (Å²) in [6.07, 6.45) is 12.8. The van der Waals surface area contributed by atoms with Crippen molar-refractivity contribution >= 4 is 5.97 Å². The predicted molar refractivity (Wildman–Crippen MR) is 138 cm³/mol. The molecule has 0 aromatic rings. The summed E-state index contributed by atoms with van der Waals surface area (Å²) in [7, 11) is 1.54. The quantitative estimate of drug-likeness (QED) is 0.355. The van der Waals surface area contributed by atoms with E-state index in [2.05, 4.69) is 47.6 Å². The zero-order valence-corrected chi connectivity index (χ0v) is 23.4. The van der Waals surface area contributed by atoms with Gasteiger partial charge in [0.1, 0.15) is 0 Å². The van der Waals surface area contributed by atoms with Crippen LogP contribution >= 0.6 is 0 Å². The van der Waals surface area contributed by atoms with Gasteiger partial charge >= 0.3 is 5.97 Å². The number of fused-ring (bicyclic) bond motifs is 7. The Labute approximate surface area is 213 Å². The fourth-order valence-corrected chi connectivity index (χ4v) is 10.8. The topological polar surface area (TPSA) is 66.8 Å². The summed E-state index contributed by atoms with van der Waals surface area (Å²) in [5.41, 5.74) is 1.58. The summed E-state index contributed by atoms with van der Waals surface area (Å²) in [5.74, 6) is 1.31. The van der Waals surface area contributed by atoms with Gasteiger partial charge in [-0.15, -0.1) is 0 Å². The summed E-state index contributed by atoms with van der Waals surface area (Å²) in [5, 5.41) is 21.4. The predicted octanol–water partition coefficient (Wildman–Crippen LogP) is 6.29. The number of carbonyl (C=O) groups is 1. The molecule has 4 fully saturated rings. The Morgan fingerprint density at radius 2 is 1.66 bits per heavy atom. The summed E-state index contributed by atoms with van der Waals surface area (Å²) >= 11 is 0. The molecule has 0 aromatic heterocycles. The number of rotatable bonds is 2. The van der Waals surface area contributed by atoms with Crippen molar-refractivity contribution in [2.75, 3.05) is 13.7 Å². The number of methoxy groups -OCH3 is 1. The second kappa shape index (κ2) is 7.82. The smallest absolute Gasteiger partial charge is 0.311 e. The van der Waals surface area contributed by atoms with E-state index in [1.54, 1.807) is 5.57 Å². The van der Waals surface area contributed by atoms with E-state index in [0.717, 1.165) is 51.4 Å². The average molecular weight is 487 g/mol. The molecule has 4 nitrogen and oxygen atoms in total. The standard InChI is InChI=1S/C31H50O4/c1-26-14-15-27(2,25(34)35-7)18-21(26)20-8-9-23-28(3)12-11-24(33)29(4,19-32)22(28)10-13-31(23,6)30(20,5)17-16-26/h8,21-24,32-33H,9-19H2,1-7H3/t21-,22?,23?,24-,26+,27-,28-,29+,30?,31+/m0/s1. The molecule has 3 unspecified atom stereocenters. The van der Waals surface area contributed by atoms with Crippen molar-refractivity contribution in [3.05, 3.63) is 11.6 Å². The number of aliphatic hydroxyl groups is 2. The highest BCUT2D eigenvalue weighted by molar-refractivity contribution is 5.76. The lowest BCUT2D eigenvalue weighted by Gasteiger charge is -2.71. The highest BCUT2D eigenvalue weighted by atomic mass is 16.5.